The van der Waals surface area contributed by atoms with Gasteiger partial charge in [0.25, 0.3) is 0 Å². The summed E-state index contributed by atoms with van der Waals surface area (Å²) in [5.74, 6) is -0.138. The maximum absolute atomic E-state index is 12.3. The van der Waals surface area contributed by atoms with Gasteiger partial charge in [-0.25, -0.2) is 8.42 Å². The fraction of sp³-hybridized carbons (Fsp3) is 0.333. The fourth-order valence-corrected chi connectivity index (χ4v) is 4.24. The second-order valence-corrected chi connectivity index (χ2v) is 7.35. The van der Waals surface area contributed by atoms with E-state index in [9.17, 15) is 13.2 Å². The number of ketones is 1. The van der Waals surface area contributed by atoms with E-state index in [0.717, 1.165) is 10.2 Å². The lowest BCUT2D eigenvalue weighted by Crippen LogP contribution is -2.41. The Labute approximate surface area is 114 Å². The first-order valence-electron chi connectivity index (χ1n) is 5.81. The van der Waals surface area contributed by atoms with Crippen molar-refractivity contribution in [3.8, 4) is 0 Å². The van der Waals surface area contributed by atoms with Gasteiger partial charge in [0, 0.05) is 6.20 Å². The van der Waals surface area contributed by atoms with Gasteiger partial charge in [-0.2, -0.15) is 4.72 Å². The molecule has 2 aromatic rings. The predicted molar refractivity (Wildman–Crippen MR) is 72.6 cm³/mol. The van der Waals surface area contributed by atoms with Gasteiger partial charge >= 0.3 is 0 Å². The molecule has 0 bridgehead atoms. The second-order valence-electron chi connectivity index (χ2n) is 4.72. The standard InChI is InChI=1S/C12H12N2O3S2/c1-8(15)12(3-4-12)14-19(16,17)9-6-11-10(13-7-9)2-5-18-11/h2,5-7,14H,3-4H2,1H3. The van der Waals surface area contributed by atoms with Crippen LogP contribution in [0.25, 0.3) is 10.2 Å². The number of fused-ring (bicyclic) bond motifs is 1. The van der Waals surface area contributed by atoms with Gasteiger partial charge in [0.05, 0.1) is 15.8 Å². The largest absolute Gasteiger partial charge is 0.298 e. The third-order valence-corrected chi connectivity index (χ3v) is 5.70. The molecule has 0 atom stereocenters. The molecule has 0 spiro atoms. The Hall–Kier alpha value is -1.31. The van der Waals surface area contributed by atoms with Crippen molar-refractivity contribution in [3.05, 3.63) is 23.7 Å². The van der Waals surface area contributed by atoms with Crippen LogP contribution in [0.5, 0.6) is 0 Å². The third-order valence-electron chi connectivity index (χ3n) is 3.34. The Morgan fingerprint density at radius 1 is 1.47 bits per heavy atom. The van der Waals surface area contributed by atoms with Crippen LogP contribution in [0.2, 0.25) is 0 Å². The molecule has 0 aliphatic heterocycles. The van der Waals surface area contributed by atoms with Gasteiger partial charge in [0.2, 0.25) is 10.0 Å². The van der Waals surface area contributed by atoms with E-state index >= 15 is 0 Å². The minimum atomic E-state index is -3.70. The molecule has 5 nitrogen and oxygen atoms in total. The van der Waals surface area contributed by atoms with E-state index in [4.69, 9.17) is 0 Å². The summed E-state index contributed by atoms with van der Waals surface area (Å²) in [4.78, 5) is 15.7. The summed E-state index contributed by atoms with van der Waals surface area (Å²) in [7, 11) is -3.70. The molecule has 0 aromatic carbocycles. The fourth-order valence-electron chi connectivity index (χ4n) is 1.94. The number of Topliss-reactive ketones (excluding diaryl/α,β-unsaturated/α-hetero) is 1. The zero-order valence-corrected chi connectivity index (χ0v) is 11.8. The van der Waals surface area contributed by atoms with Crippen molar-refractivity contribution in [3.63, 3.8) is 0 Å². The van der Waals surface area contributed by atoms with Gasteiger partial charge in [-0.1, -0.05) is 0 Å². The molecule has 1 N–H and O–H groups in total. The molecule has 0 saturated heterocycles. The zero-order chi connectivity index (χ0) is 13.7. The van der Waals surface area contributed by atoms with E-state index in [2.05, 4.69) is 9.71 Å². The molecule has 0 amide bonds. The molecule has 2 aromatic heterocycles. The maximum Gasteiger partial charge on any atom is 0.243 e. The highest BCUT2D eigenvalue weighted by Gasteiger charge is 2.50. The first-order chi connectivity index (χ1) is 8.93. The van der Waals surface area contributed by atoms with Crippen molar-refractivity contribution in [1.29, 1.82) is 0 Å². The SMILES string of the molecule is CC(=O)C1(NS(=O)(=O)c2cnc3ccsc3c2)CC1. The molecule has 1 saturated carbocycles. The molecule has 3 rings (SSSR count). The van der Waals surface area contributed by atoms with Crippen LogP contribution in [0.15, 0.2) is 28.6 Å². The summed E-state index contributed by atoms with van der Waals surface area (Å²) in [5.41, 5.74) is -0.111. The first-order valence-corrected chi connectivity index (χ1v) is 8.18. The topological polar surface area (TPSA) is 76.1 Å². The van der Waals surface area contributed by atoms with Crippen LogP contribution in [0.3, 0.4) is 0 Å². The van der Waals surface area contributed by atoms with Crippen LogP contribution in [0.4, 0.5) is 0 Å². The summed E-state index contributed by atoms with van der Waals surface area (Å²) in [6.45, 7) is 1.41. The second kappa shape index (κ2) is 4.09. The first kappa shape index (κ1) is 12.7. The summed E-state index contributed by atoms with van der Waals surface area (Å²) in [6, 6.07) is 3.42. The van der Waals surface area contributed by atoms with E-state index in [1.807, 2.05) is 11.4 Å². The lowest BCUT2D eigenvalue weighted by Gasteiger charge is -2.14. The molecule has 100 valence electrons. The highest BCUT2D eigenvalue weighted by Crippen LogP contribution is 2.37. The molecular formula is C12H12N2O3S2. The maximum atomic E-state index is 12.3. The number of nitrogens with zero attached hydrogens (tertiary/aromatic N) is 1. The Bertz CT molecular complexity index is 760. The Balaban J connectivity index is 1.97. The number of rotatable bonds is 4. The quantitative estimate of drug-likeness (QED) is 0.931. The highest BCUT2D eigenvalue weighted by molar-refractivity contribution is 7.89. The van der Waals surface area contributed by atoms with E-state index in [1.165, 1.54) is 24.5 Å². The van der Waals surface area contributed by atoms with Gasteiger partial charge in [0.15, 0.2) is 5.78 Å². The van der Waals surface area contributed by atoms with Crippen LogP contribution in [-0.4, -0.2) is 24.7 Å². The summed E-state index contributed by atoms with van der Waals surface area (Å²) >= 11 is 1.44. The summed E-state index contributed by atoms with van der Waals surface area (Å²) in [6.07, 6.45) is 2.46. The summed E-state index contributed by atoms with van der Waals surface area (Å²) < 4.78 is 27.8. The average Bonchev–Trinajstić information content (AvgIpc) is 2.97. The minimum absolute atomic E-state index is 0.106. The molecule has 1 fully saturated rings. The monoisotopic (exact) mass is 296 g/mol. The lowest BCUT2D eigenvalue weighted by molar-refractivity contribution is -0.119. The van der Waals surface area contributed by atoms with E-state index in [0.29, 0.717) is 12.8 Å². The number of aromatic nitrogens is 1. The number of thiophene rings is 1. The number of nitrogens with one attached hydrogen (secondary N) is 1. The Kier molecular flexibility index (Phi) is 2.74. The van der Waals surface area contributed by atoms with Gasteiger partial charge in [-0.05, 0) is 37.3 Å². The zero-order valence-electron chi connectivity index (χ0n) is 10.2. The number of carbonyl (C=O) groups is 1. The van der Waals surface area contributed by atoms with Crippen molar-refractivity contribution < 1.29 is 13.2 Å². The molecule has 0 unspecified atom stereocenters. The number of carbonyl (C=O) groups excluding carboxylic acids is 1. The van der Waals surface area contributed by atoms with Crippen LogP contribution >= 0.6 is 11.3 Å². The molecular weight excluding hydrogens is 284 g/mol. The number of pyridine rings is 1. The van der Waals surface area contributed by atoms with Crippen LogP contribution in [0, 0.1) is 0 Å². The van der Waals surface area contributed by atoms with Crippen LogP contribution in [0.1, 0.15) is 19.8 Å². The molecule has 19 heavy (non-hydrogen) atoms. The van der Waals surface area contributed by atoms with Crippen molar-refractivity contribution in [2.75, 3.05) is 0 Å². The van der Waals surface area contributed by atoms with Crippen molar-refractivity contribution >= 4 is 37.4 Å². The third kappa shape index (κ3) is 2.18. The highest BCUT2D eigenvalue weighted by atomic mass is 32.2. The van der Waals surface area contributed by atoms with Crippen LogP contribution < -0.4 is 4.72 Å². The smallest absolute Gasteiger partial charge is 0.243 e. The van der Waals surface area contributed by atoms with Gasteiger partial charge in [-0.3, -0.25) is 9.78 Å². The molecule has 0 radical (unpaired) electrons. The number of hydrogen-bond acceptors (Lipinski definition) is 5. The molecule has 1 aliphatic rings. The Morgan fingerprint density at radius 2 is 2.21 bits per heavy atom. The number of sulfonamides is 1. The molecule has 2 heterocycles. The lowest BCUT2D eigenvalue weighted by atomic mass is 10.2. The van der Waals surface area contributed by atoms with Gasteiger partial charge in [0.1, 0.15) is 4.90 Å². The predicted octanol–water partition coefficient (Wildman–Crippen LogP) is 1.70. The Morgan fingerprint density at radius 3 is 2.84 bits per heavy atom. The van der Waals surface area contributed by atoms with E-state index in [-0.39, 0.29) is 10.7 Å². The minimum Gasteiger partial charge on any atom is -0.298 e. The van der Waals surface area contributed by atoms with E-state index in [1.54, 1.807) is 6.07 Å². The van der Waals surface area contributed by atoms with Crippen LogP contribution in [-0.2, 0) is 14.8 Å². The van der Waals surface area contributed by atoms with Crippen molar-refractivity contribution in [2.24, 2.45) is 0 Å². The van der Waals surface area contributed by atoms with E-state index < -0.39 is 15.6 Å². The summed E-state index contributed by atoms with van der Waals surface area (Å²) in [5, 5.41) is 1.86. The molecule has 7 heteroatoms. The number of hydrogen-bond donors (Lipinski definition) is 1. The average molecular weight is 296 g/mol. The van der Waals surface area contributed by atoms with Crippen molar-refractivity contribution in [2.45, 2.75) is 30.2 Å². The van der Waals surface area contributed by atoms with Crippen molar-refractivity contribution in [1.82, 2.24) is 9.71 Å². The molecule has 1 aliphatic carbocycles. The van der Waals surface area contributed by atoms with Gasteiger partial charge in [-0.15, -0.1) is 11.3 Å². The van der Waals surface area contributed by atoms with Gasteiger partial charge < -0.3 is 0 Å². The normalized spacial score (nSPS) is 17.5.